The molecule has 0 aromatic heterocycles. The summed E-state index contributed by atoms with van der Waals surface area (Å²) < 4.78 is 1.38. The van der Waals surface area contributed by atoms with Crippen LogP contribution in [0.3, 0.4) is 0 Å². The first-order valence-electron chi connectivity index (χ1n) is 4.60. The minimum Gasteiger partial charge on any atom is -0.288 e. The molecule has 0 amide bonds. The summed E-state index contributed by atoms with van der Waals surface area (Å²) in [5.41, 5.74) is 0.700. The van der Waals surface area contributed by atoms with Crippen LogP contribution in [0, 0.1) is 5.92 Å². The van der Waals surface area contributed by atoms with E-state index in [4.69, 9.17) is 0 Å². The molecule has 5 unspecified atom stereocenters. The summed E-state index contributed by atoms with van der Waals surface area (Å²) in [6.45, 7) is 2.45. The second kappa shape index (κ2) is 1.95. The van der Waals surface area contributed by atoms with Crippen LogP contribution < -0.4 is 0 Å². The molecule has 5 atom stereocenters. The van der Waals surface area contributed by atoms with E-state index in [0.717, 1.165) is 18.0 Å². The van der Waals surface area contributed by atoms with E-state index in [0.29, 0.717) is 5.54 Å². The van der Waals surface area contributed by atoms with Crippen molar-refractivity contribution in [2.45, 2.75) is 43.8 Å². The quantitative estimate of drug-likeness (QED) is 0.397. The fraction of sp³-hybridized carbons (Fsp3) is 1.00. The van der Waals surface area contributed by atoms with E-state index in [1.54, 1.807) is 0 Å². The van der Waals surface area contributed by atoms with Crippen LogP contribution in [0.15, 0.2) is 0 Å². The van der Waals surface area contributed by atoms with Gasteiger partial charge in [0.05, 0.1) is 0 Å². The number of hydrogen-bond acceptors (Lipinski definition) is 1. The first-order chi connectivity index (χ1) is 5.25. The SMILES string of the molecule is CC12CC3CC(CI)CC1N32. The first-order valence-corrected chi connectivity index (χ1v) is 6.12. The molecule has 0 aliphatic carbocycles. The Balaban J connectivity index is 1.79. The van der Waals surface area contributed by atoms with Gasteiger partial charge in [-0.1, -0.05) is 22.6 Å². The van der Waals surface area contributed by atoms with Crippen LogP contribution in [0.5, 0.6) is 0 Å². The molecule has 3 rings (SSSR count). The molecule has 2 heteroatoms. The van der Waals surface area contributed by atoms with Crippen molar-refractivity contribution in [2.75, 3.05) is 4.43 Å². The summed E-state index contributed by atoms with van der Waals surface area (Å²) in [6.07, 6.45) is 4.50. The second-order valence-electron chi connectivity index (χ2n) is 4.63. The molecular formula is C9H14IN. The summed E-state index contributed by atoms with van der Waals surface area (Å²) in [7, 11) is 0. The van der Waals surface area contributed by atoms with Crippen molar-refractivity contribution in [3.05, 3.63) is 0 Å². The first kappa shape index (κ1) is 7.13. The van der Waals surface area contributed by atoms with Crippen molar-refractivity contribution in [1.29, 1.82) is 0 Å². The highest BCUT2D eigenvalue weighted by Crippen LogP contribution is 2.63. The number of halogens is 1. The molecule has 0 aromatic carbocycles. The molecule has 0 spiro atoms. The predicted octanol–water partition coefficient (Wildman–Crippen LogP) is 2.05. The van der Waals surface area contributed by atoms with Gasteiger partial charge in [-0.25, -0.2) is 0 Å². The molecule has 3 aliphatic heterocycles. The van der Waals surface area contributed by atoms with E-state index in [2.05, 4.69) is 34.4 Å². The van der Waals surface area contributed by atoms with Crippen LogP contribution in [0.1, 0.15) is 26.2 Å². The maximum absolute atomic E-state index is 2.75. The minimum absolute atomic E-state index is 0.700. The van der Waals surface area contributed by atoms with Crippen LogP contribution in [0.2, 0.25) is 0 Å². The second-order valence-corrected chi connectivity index (χ2v) is 5.51. The van der Waals surface area contributed by atoms with Crippen LogP contribution in [-0.2, 0) is 0 Å². The highest BCUT2D eigenvalue weighted by atomic mass is 127. The molecule has 3 saturated heterocycles. The van der Waals surface area contributed by atoms with Crippen LogP contribution in [-0.4, -0.2) is 27.0 Å². The Hall–Kier alpha value is 0.690. The van der Waals surface area contributed by atoms with E-state index in [9.17, 15) is 0 Å². The van der Waals surface area contributed by atoms with E-state index in [1.807, 2.05) is 0 Å². The zero-order valence-corrected chi connectivity index (χ0v) is 9.04. The maximum Gasteiger partial charge on any atom is 0.0358 e. The van der Waals surface area contributed by atoms with Crippen LogP contribution >= 0.6 is 22.6 Å². The average molecular weight is 263 g/mol. The molecule has 3 aliphatic rings. The van der Waals surface area contributed by atoms with Crippen molar-refractivity contribution in [2.24, 2.45) is 5.92 Å². The van der Waals surface area contributed by atoms with Crippen molar-refractivity contribution >= 4 is 22.6 Å². The smallest absolute Gasteiger partial charge is 0.0358 e. The number of hydrogen-bond donors (Lipinski definition) is 0. The zero-order chi connectivity index (χ0) is 7.64. The van der Waals surface area contributed by atoms with Crippen molar-refractivity contribution in [1.82, 2.24) is 4.90 Å². The van der Waals surface area contributed by atoms with Gasteiger partial charge in [-0.2, -0.15) is 0 Å². The molecule has 11 heavy (non-hydrogen) atoms. The van der Waals surface area contributed by atoms with E-state index in [1.165, 1.54) is 23.7 Å². The van der Waals surface area contributed by atoms with Gasteiger partial charge < -0.3 is 0 Å². The van der Waals surface area contributed by atoms with Gasteiger partial charge in [-0.3, -0.25) is 4.90 Å². The summed E-state index contributed by atoms with van der Waals surface area (Å²) in [6, 6.07) is 2.00. The largest absolute Gasteiger partial charge is 0.288 e. The molecule has 0 saturated carbocycles. The fourth-order valence-electron chi connectivity index (χ4n) is 3.40. The molecule has 62 valence electrons. The van der Waals surface area contributed by atoms with Gasteiger partial charge >= 0.3 is 0 Å². The summed E-state index contributed by atoms with van der Waals surface area (Å²) in [5, 5.41) is 0. The Bertz CT molecular complexity index is 206. The number of fused-ring (bicyclic) bond motifs is 1. The lowest BCUT2D eigenvalue weighted by molar-refractivity contribution is 0.136. The molecular weight excluding hydrogens is 249 g/mol. The topological polar surface area (TPSA) is 3.01 Å². The third kappa shape index (κ3) is 0.711. The number of nitrogens with zero attached hydrogens (tertiary/aromatic N) is 1. The lowest BCUT2D eigenvalue weighted by Gasteiger charge is -2.36. The molecule has 3 fully saturated rings. The lowest BCUT2D eigenvalue weighted by atomic mass is 9.91. The van der Waals surface area contributed by atoms with Gasteiger partial charge in [-0.05, 0) is 32.1 Å². The van der Waals surface area contributed by atoms with Gasteiger partial charge in [0, 0.05) is 22.1 Å². The van der Waals surface area contributed by atoms with Gasteiger partial charge in [0.15, 0.2) is 0 Å². The number of rotatable bonds is 1. The Labute approximate surface area is 81.7 Å². The summed E-state index contributed by atoms with van der Waals surface area (Å²) in [4.78, 5) is 2.75. The molecule has 0 radical (unpaired) electrons. The minimum atomic E-state index is 0.700. The molecule has 0 bridgehead atoms. The maximum atomic E-state index is 2.75. The molecule has 1 nitrogen and oxygen atoms in total. The fourth-order valence-corrected chi connectivity index (χ4v) is 4.11. The lowest BCUT2D eigenvalue weighted by Crippen LogP contribution is -2.41. The Morgan fingerprint density at radius 3 is 3.00 bits per heavy atom. The standard InChI is InChI=1S/C9H14IN/c1-9-4-7-2-6(5-10)3-8(9)11(7)9/h6-8H,2-5H2,1H3. The number of piperidine rings is 1. The number of alkyl halides is 1. The van der Waals surface area contributed by atoms with Crippen LogP contribution in [0.25, 0.3) is 0 Å². The zero-order valence-electron chi connectivity index (χ0n) is 6.89. The highest BCUT2D eigenvalue weighted by Gasteiger charge is 2.72. The van der Waals surface area contributed by atoms with Gasteiger partial charge in [0.1, 0.15) is 0 Å². The van der Waals surface area contributed by atoms with Gasteiger partial charge in [0.25, 0.3) is 0 Å². The van der Waals surface area contributed by atoms with Crippen molar-refractivity contribution < 1.29 is 0 Å². The molecule has 0 N–H and O–H groups in total. The van der Waals surface area contributed by atoms with Crippen molar-refractivity contribution in [3.63, 3.8) is 0 Å². The van der Waals surface area contributed by atoms with E-state index >= 15 is 0 Å². The Morgan fingerprint density at radius 2 is 2.36 bits per heavy atom. The van der Waals surface area contributed by atoms with Crippen LogP contribution in [0.4, 0.5) is 0 Å². The summed E-state index contributed by atoms with van der Waals surface area (Å²) >= 11 is 2.55. The van der Waals surface area contributed by atoms with E-state index < -0.39 is 0 Å². The average Bonchev–Trinajstić information content (AvgIpc) is 2.51. The van der Waals surface area contributed by atoms with E-state index in [-0.39, 0.29) is 0 Å². The van der Waals surface area contributed by atoms with Crippen molar-refractivity contribution in [3.8, 4) is 0 Å². The summed E-state index contributed by atoms with van der Waals surface area (Å²) in [5.74, 6) is 1.05. The normalized spacial score (nSPS) is 64.9. The highest BCUT2D eigenvalue weighted by molar-refractivity contribution is 14.1. The molecule has 0 aromatic rings. The van der Waals surface area contributed by atoms with Gasteiger partial charge in [0.2, 0.25) is 0 Å². The molecule has 3 heterocycles. The third-order valence-electron chi connectivity index (χ3n) is 4.00. The Morgan fingerprint density at radius 1 is 1.55 bits per heavy atom. The Kier molecular flexibility index (Phi) is 1.26. The van der Waals surface area contributed by atoms with Gasteiger partial charge in [-0.15, -0.1) is 0 Å². The monoisotopic (exact) mass is 263 g/mol. The predicted molar refractivity (Wildman–Crippen MR) is 54.0 cm³/mol. The third-order valence-corrected chi connectivity index (χ3v) is 5.24.